The first-order valence-electron chi connectivity index (χ1n) is 12.0. The van der Waals surface area contributed by atoms with Crippen LogP contribution in [0.4, 0.5) is 5.13 Å². The number of thiazole rings is 1. The third kappa shape index (κ3) is 4.44. The van der Waals surface area contributed by atoms with Crippen LogP contribution in [-0.2, 0) is 9.59 Å². The molecule has 1 fully saturated rings. The van der Waals surface area contributed by atoms with Gasteiger partial charge in [0.05, 0.1) is 35.5 Å². The largest absolute Gasteiger partial charge is 0.507 e. The second-order valence-corrected chi connectivity index (χ2v) is 9.77. The zero-order valence-electron chi connectivity index (χ0n) is 20.7. The number of aryl methyl sites for hydroxylation is 1. The number of carbonyl (C=O) groups is 2. The molecule has 0 saturated carbocycles. The van der Waals surface area contributed by atoms with E-state index in [2.05, 4.69) is 4.98 Å². The van der Waals surface area contributed by atoms with Gasteiger partial charge in [-0.15, -0.1) is 0 Å². The van der Waals surface area contributed by atoms with Gasteiger partial charge in [-0.25, -0.2) is 4.98 Å². The van der Waals surface area contributed by atoms with Crippen LogP contribution >= 0.6 is 11.3 Å². The molecule has 37 heavy (non-hydrogen) atoms. The summed E-state index contributed by atoms with van der Waals surface area (Å²) in [5, 5.41) is 11.7. The monoisotopic (exact) mass is 514 g/mol. The summed E-state index contributed by atoms with van der Waals surface area (Å²) in [6, 6.07) is 18.9. The van der Waals surface area contributed by atoms with Crippen molar-refractivity contribution in [1.29, 1.82) is 0 Å². The summed E-state index contributed by atoms with van der Waals surface area (Å²) in [7, 11) is 1.54. The molecule has 0 spiro atoms. The number of amides is 1. The zero-order valence-corrected chi connectivity index (χ0v) is 21.5. The summed E-state index contributed by atoms with van der Waals surface area (Å²) in [6.07, 6.45) is 0.833. The second-order valence-electron chi connectivity index (χ2n) is 8.76. The van der Waals surface area contributed by atoms with Crippen molar-refractivity contribution in [2.75, 3.05) is 18.6 Å². The van der Waals surface area contributed by atoms with Crippen LogP contribution < -0.4 is 14.4 Å². The van der Waals surface area contributed by atoms with Crippen molar-refractivity contribution < 1.29 is 24.2 Å². The topological polar surface area (TPSA) is 89.0 Å². The van der Waals surface area contributed by atoms with Gasteiger partial charge in [0.15, 0.2) is 16.6 Å². The lowest BCUT2D eigenvalue weighted by Crippen LogP contribution is -2.29. The maximum absolute atomic E-state index is 13.5. The van der Waals surface area contributed by atoms with Crippen LogP contribution in [0.5, 0.6) is 11.5 Å². The van der Waals surface area contributed by atoms with Gasteiger partial charge in [0.1, 0.15) is 5.76 Å². The number of nitrogens with zero attached hydrogens (tertiary/aromatic N) is 2. The Labute approximate surface area is 218 Å². The average molecular weight is 515 g/mol. The number of hydrogen-bond acceptors (Lipinski definition) is 7. The van der Waals surface area contributed by atoms with E-state index in [1.165, 1.54) is 23.3 Å². The molecule has 0 radical (unpaired) electrons. The minimum atomic E-state index is -0.906. The van der Waals surface area contributed by atoms with E-state index in [9.17, 15) is 14.7 Å². The molecule has 1 N–H and O–H groups in total. The van der Waals surface area contributed by atoms with E-state index in [4.69, 9.17) is 9.47 Å². The molecule has 1 aliphatic rings. The molecule has 1 atom stereocenters. The maximum Gasteiger partial charge on any atom is 0.301 e. The molecule has 1 amide bonds. The minimum Gasteiger partial charge on any atom is -0.507 e. The molecule has 188 valence electrons. The lowest BCUT2D eigenvalue weighted by Gasteiger charge is -2.24. The first-order valence-corrected chi connectivity index (χ1v) is 12.8. The molecule has 1 aromatic heterocycles. The van der Waals surface area contributed by atoms with Gasteiger partial charge in [0.25, 0.3) is 5.78 Å². The van der Waals surface area contributed by atoms with Gasteiger partial charge in [-0.3, -0.25) is 14.5 Å². The molecule has 0 bridgehead atoms. The molecule has 4 aromatic rings. The minimum absolute atomic E-state index is 0.00378. The highest BCUT2D eigenvalue weighted by Crippen LogP contribution is 2.45. The number of rotatable bonds is 7. The highest BCUT2D eigenvalue weighted by molar-refractivity contribution is 7.22. The number of carbonyl (C=O) groups excluding carboxylic acids is 2. The van der Waals surface area contributed by atoms with Gasteiger partial charge in [0, 0.05) is 5.56 Å². The van der Waals surface area contributed by atoms with Crippen LogP contribution in [-0.4, -0.2) is 35.5 Å². The van der Waals surface area contributed by atoms with E-state index in [0.29, 0.717) is 34.4 Å². The molecule has 1 saturated heterocycles. The summed E-state index contributed by atoms with van der Waals surface area (Å²) < 4.78 is 12.3. The number of aliphatic hydroxyl groups is 1. The van der Waals surface area contributed by atoms with Crippen molar-refractivity contribution in [3.8, 4) is 11.5 Å². The van der Waals surface area contributed by atoms with Crippen molar-refractivity contribution in [3.63, 3.8) is 0 Å². The fourth-order valence-corrected chi connectivity index (χ4v) is 5.50. The Hall–Kier alpha value is -4.17. The Kier molecular flexibility index (Phi) is 6.67. The lowest BCUT2D eigenvalue weighted by atomic mass is 9.95. The van der Waals surface area contributed by atoms with Crippen LogP contribution in [0.1, 0.15) is 36.1 Å². The van der Waals surface area contributed by atoms with E-state index in [0.717, 1.165) is 22.2 Å². The zero-order chi connectivity index (χ0) is 26.1. The van der Waals surface area contributed by atoms with Gasteiger partial charge in [0.2, 0.25) is 0 Å². The van der Waals surface area contributed by atoms with Crippen molar-refractivity contribution in [1.82, 2.24) is 4.98 Å². The van der Waals surface area contributed by atoms with Crippen LogP contribution in [0.2, 0.25) is 0 Å². The summed E-state index contributed by atoms with van der Waals surface area (Å²) in [4.78, 5) is 33.0. The number of ether oxygens (including phenoxy) is 2. The fourth-order valence-electron chi connectivity index (χ4n) is 4.40. The molecule has 0 aliphatic carbocycles. The smallest absolute Gasteiger partial charge is 0.301 e. The Morgan fingerprint density at radius 1 is 1.05 bits per heavy atom. The second kappa shape index (κ2) is 10.1. The third-order valence-electron chi connectivity index (χ3n) is 6.20. The summed E-state index contributed by atoms with van der Waals surface area (Å²) in [6.45, 7) is 4.52. The molecular formula is C29H26N2O5S. The van der Waals surface area contributed by atoms with E-state index in [1.807, 2.05) is 38.1 Å². The first-order chi connectivity index (χ1) is 17.9. The molecule has 3 aromatic carbocycles. The van der Waals surface area contributed by atoms with Crippen molar-refractivity contribution in [3.05, 3.63) is 89.0 Å². The molecule has 1 aliphatic heterocycles. The molecular weight excluding hydrogens is 488 g/mol. The van der Waals surface area contributed by atoms with E-state index in [1.54, 1.807) is 42.5 Å². The Balaban J connectivity index is 1.71. The lowest BCUT2D eigenvalue weighted by molar-refractivity contribution is -0.132. The number of fused-ring (bicyclic) bond motifs is 1. The van der Waals surface area contributed by atoms with Gasteiger partial charge >= 0.3 is 5.91 Å². The van der Waals surface area contributed by atoms with Crippen LogP contribution in [0.15, 0.2) is 72.3 Å². The number of Topliss-reactive ketones (excluding diaryl/α,β-unsaturated/α-hetero) is 1. The summed E-state index contributed by atoms with van der Waals surface area (Å²) in [5.41, 5.74) is 2.83. The summed E-state index contributed by atoms with van der Waals surface area (Å²) >= 11 is 1.33. The highest BCUT2D eigenvalue weighted by atomic mass is 32.1. The van der Waals surface area contributed by atoms with Gasteiger partial charge in [-0.05, 0) is 48.7 Å². The molecule has 0 unspecified atom stereocenters. The number of benzene rings is 3. The number of methoxy groups -OCH3 is 1. The van der Waals surface area contributed by atoms with Gasteiger partial charge in [-0.1, -0.05) is 60.7 Å². The van der Waals surface area contributed by atoms with E-state index >= 15 is 0 Å². The molecule has 5 rings (SSSR count). The van der Waals surface area contributed by atoms with Crippen LogP contribution in [0.3, 0.4) is 0 Å². The number of hydrogen-bond donors (Lipinski definition) is 1. The van der Waals surface area contributed by atoms with Crippen molar-refractivity contribution >= 4 is 44.1 Å². The third-order valence-corrected chi connectivity index (χ3v) is 7.21. The van der Waals surface area contributed by atoms with Crippen molar-refractivity contribution in [2.45, 2.75) is 26.3 Å². The fraction of sp³-hybridized carbons (Fsp3) is 0.207. The Morgan fingerprint density at radius 3 is 2.57 bits per heavy atom. The predicted molar refractivity (Wildman–Crippen MR) is 144 cm³/mol. The van der Waals surface area contributed by atoms with E-state index in [-0.39, 0.29) is 11.3 Å². The Bertz CT molecular complexity index is 1530. The maximum atomic E-state index is 13.5. The van der Waals surface area contributed by atoms with Crippen molar-refractivity contribution in [2.24, 2.45) is 0 Å². The normalized spacial score (nSPS) is 16.9. The number of ketones is 1. The first kappa shape index (κ1) is 24.5. The molecule has 2 heterocycles. The van der Waals surface area contributed by atoms with Crippen LogP contribution in [0.25, 0.3) is 16.0 Å². The van der Waals surface area contributed by atoms with Gasteiger partial charge in [-0.2, -0.15) is 0 Å². The number of aromatic nitrogens is 1. The highest BCUT2D eigenvalue weighted by Gasteiger charge is 2.48. The number of anilines is 1. The average Bonchev–Trinajstić information content (AvgIpc) is 3.44. The quantitative estimate of drug-likeness (QED) is 0.184. The summed E-state index contributed by atoms with van der Waals surface area (Å²) in [5.74, 6) is -0.732. The van der Waals surface area contributed by atoms with Gasteiger partial charge < -0.3 is 14.6 Å². The van der Waals surface area contributed by atoms with Crippen LogP contribution in [0, 0.1) is 6.92 Å². The van der Waals surface area contributed by atoms with E-state index < -0.39 is 17.7 Å². The number of aliphatic hydroxyl groups excluding tert-OH is 1. The standard InChI is InChI=1S/C29H26N2O5S/c1-4-14-36-21-13-11-19(16-22(21)35-3)25-24(26(32)18-8-6-5-7-9-18)27(33)28(34)31(25)29-30-20-12-10-17(2)15-23(20)37-29/h5-13,15-16,25,32H,4,14H2,1-3H3/b26-24+/t25-/m0/s1. The Morgan fingerprint density at radius 2 is 1.84 bits per heavy atom. The molecule has 7 nitrogen and oxygen atoms in total. The molecule has 8 heteroatoms. The SMILES string of the molecule is CCCOc1ccc([C@H]2/C(=C(\O)c3ccccc3)C(=O)C(=O)N2c2nc3ccc(C)cc3s2)cc1OC. The predicted octanol–water partition coefficient (Wildman–Crippen LogP) is 6.03.